The van der Waals surface area contributed by atoms with E-state index in [1.807, 2.05) is 70.9 Å². The maximum atomic E-state index is 13.4. The molecule has 0 radical (unpaired) electrons. The minimum Gasteiger partial charge on any atom is -0.467 e. The molecule has 0 fully saturated rings. The number of carbonyl (C=O) groups is 2. The first-order valence-electron chi connectivity index (χ1n) is 11.7. The summed E-state index contributed by atoms with van der Waals surface area (Å²) in [7, 11) is 1.33. The van der Waals surface area contributed by atoms with Gasteiger partial charge in [0.15, 0.2) is 0 Å². The zero-order valence-corrected chi connectivity index (χ0v) is 22.3. The van der Waals surface area contributed by atoms with Gasteiger partial charge in [-0.3, -0.25) is 4.79 Å². The second kappa shape index (κ2) is 13.0. The number of thiazole rings is 1. The Morgan fingerprint density at radius 3 is 2.70 bits per heavy atom. The summed E-state index contributed by atoms with van der Waals surface area (Å²) in [6.07, 6.45) is 11.8. The minimum atomic E-state index is -0.708. The Kier molecular flexibility index (Phi) is 9.29. The number of allylic oxidation sites excluding steroid dienone is 1. The zero-order valence-electron chi connectivity index (χ0n) is 20.7. The zero-order chi connectivity index (χ0) is 26.0. The molecule has 0 saturated carbocycles. The molecule has 2 aromatic heterocycles. The average molecular weight is 533 g/mol. The SMILES string of the molecule is COC(=O)C(CCSC)NC(=O)c1ccc(/C=C(\Cn2ccnc2)c2nccs2)cc1-c1ccccc1. The number of benzene rings is 2. The topological polar surface area (TPSA) is 86.1 Å². The molecule has 0 spiro atoms. The van der Waals surface area contributed by atoms with Crippen molar-refractivity contribution in [2.45, 2.75) is 19.0 Å². The lowest BCUT2D eigenvalue weighted by Crippen LogP contribution is -2.42. The number of amides is 1. The van der Waals surface area contributed by atoms with Crippen LogP contribution in [0.25, 0.3) is 22.8 Å². The van der Waals surface area contributed by atoms with E-state index in [1.165, 1.54) is 7.11 Å². The molecule has 0 saturated heterocycles. The first kappa shape index (κ1) is 26.4. The number of ether oxygens (including phenoxy) is 1. The Hall–Kier alpha value is -3.69. The summed E-state index contributed by atoms with van der Waals surface area (Å²) in [4.78, 5) is 34.4. The number of nitrogens with zero attached hydrogens (tertiary/aromatic N) is 3. The van der Waals surface area contributed by atoms with Crippen LogP contribution in [0.2, 0.25) is 0 Å². The van der Waals surface area contributed by atoms with Gasteiger partial charge < -0.3 is 14.6 Å². The van der Waals surface area contributed by atoms with Gasteiger partial charge in [-0.1, -0.05) is 36.4 Å². The van der Waals surface area contributed by atoms with Gasteiger partial charge in [0.25, 0.3) is 5.91 Å². The number of methoxy groups -OCH3 is 1. The highest BCUT2D eigenvalue weighted by Gasteiger charge is 2.23. The van der Waals surface area contributed by atoms with E-state index in [0.717, 1.165) is 33.0 Å². The van der Waals surface area contributed by atoms with Crippen molar-refractivity contribution in [3.05, 3.63) is 95.0 Å². The van der Waals surface area contributed by atoms with Crippen LogP contribution in [0.5, 0.6) is 0 Å². The van der Waals surface area contributed by atoms with E-state index in [-0.39, 0.29) is 5.91 Å². The first-order chi connectivity index (χ1) is 18.1. The quantitative estimate of drug-likeness (QED) is 0.265. The van der Waals surface area contributed by atoms with Crippen molar-refractivity contribution in [2.75, 3.05) is 19.1 Å². The fourth-order valence-electron chi connectivity index (χ4n) is 3.90. The Morgan fingerprint density at radius 1 is 1.19 bits per heavy atom. The fourth-order valence-corrected chi connectivity index (χ4v) is 5.02. The molecule has 1 amide bonds. The van der Waals surface area contributed by atoms with E-state index >= 15 is 0 Å². The van der Waals surface area contributed by atoms with E-state index in [2.05, 4.69) is 21.4 Å². The summed E-state index contributed by atoms with van der Waals surface area (Å²) in [6.45, 7) is 0.618. The Balaban J connectivity index is 1.71. The van der Waals surface area contributed by atoms with E-state index in [1.54, 1.807) is 41.8 Å². The van der Waals surface area contributed by atoms with Crippen molar-refractivity contribution < 1.29 is 14.3 Å². The molecule has 190 valence electrons. The summed E-state index contributed by atoms with van der Waals surface area (Å²) < 4.78 is 6.91. The van der Waals surface area contributed by atoms with E-state index in [9.17, 15) is 9.59 Å². The van der Waals surface area contributed by atoms with Gasteiger partial charge in [-0.05, 0) is 53.3 Å². The molecule has 7 nitrogen and oxygen atoms in total. The van der Waals surface area contributed by atoms with Crippen LogP contribution in [0.1, 0.15) is 27.3 Å². The maximum Gasteiger partial charge on any atom is 0.328 e. The van der Waals surface area contributed by atoms with Gasteiger partial charge in [0.05, 0.1) is 20.0 Å². The Bertz CT molecular complexity index is 1340. The predicted molar refractivity (Wildman–Crippen MR) is 150 cm³/mol. The van der Waals surface area contributed by atoms with Crippen LogP contribution in [0.15, 0.2) is 78.8 Å². The Labute approximate surface area is 224 Å². The molecule has 4 aromatic rings. The third-order valence-corrected chi connectivity index (χ3v) is 7.23. The largest absolute Gasteiger partial charge is 0.467 e. The Morgan fingerprint density at radius 2 is 2.03 bits per heavy atom. The molecular weight excluding hydrogens is 504 g/mol. The van der Waals surface area contributed by atoms with Crippen molar-refractivity contribution >= 4 is 46.6 Å². The van der Waals surface area contributed by atoms with Crippen molar-refractivity contribution in [2.24, 2.45) is 0 Å². The smallest absolute Gasteiger partial charge is 0.328 e. The van der Waals surface area contributed by atoms with Crippen LogP contribution in [-0.2, 0) is 16.1 Å². The second-order valence-corrected chi connectivity index (χ2v) is 10.1. The summed E-state index contributed by atoms with van der Waals surface area (Å²) in [5.41, 5.74) is 4.15. The number of imidazole rings is 1. The molecule has 9 heteroatoms. The van der Waals surface area contributed by atoms with Gasteiger partial charge in [-0.2, -0.15) is 11.8 Å². The third kappa shape index (κ3) is 6.96. The molecule has 37 heavy (non-hydrogen) atoms. The van der Waals surface area contributed by atoms with Gasteiger partial charge in [-0.25, -0.2) is 14.8 Å². The van der Waals surface area contributed by atoms with E-state index in [4.69, 9.17) is 4.74 Å². The summed E-state index contributed by atoms with van der Waals surface area (Å²) in [5.74, 6) is -0.0357. The number of thioether (sulfide) groups is 1. The van der Waals surface area contributed by atoms with Gasteiger partial charge >= 0.3 is 5.97 Å². The predicted octanol–water partition coefficient (Wildman–Crippen LogP) is 5.27. The third-order valence-electron chi connectivity index (χ3n) is 5.73. The molecule has 2 heterocycles. The van der Waals surface area contributed by atoms with E-state index < -0.39 is 12.0 Å². The molecule has 1 unspecified atom stereocenters. The van der Waals surface area contributed by atoms with E-state index in [0.29, 0.717) is 18.5 Å². The standard InChI is InChI=1S/C28H28N4O3S2/c1-35-28(34)25(10-14-36-2)31-26(33)23-9-8-20(17-24(23)21-6-4-3-5-7-21)16-22(27-30-12-15-37-27)18-32-13-11-29-19-32/h3-9,11-13,15-17,19,25H,10,14,18H2,1-2H3,(H,31,33)/b22-16+. The lowest BCUT2D eigenvalue weighted by molar-refractivity contribution is -0.142. The molecule has 0 bridgehead atoms. The monoisotopic (exact) mass is 532 g/mol. The van der Waals surface area contributed by atoms with Gasteiger partial charge in [0, 0.05) is 35.1 Å². The molecule has 0 aliphatic carbocycles. The number of aromatic nitrogens is 3. The van der Waals surface area contributed by atoms with Crippen LogP contribution in [-0.4, -0.2) is 51.6 Å². The number of hydrogen-bond donors (Lipinski definition) is 1. The summed E-state index contributed by atoms with van der Waals surface area (Å²) in [5, 5.41) is 5.76. The number of rotatable bonds is 11. The number of carbonyl (C=O) groups excluding carboxylic acids is 2. The van der Waals surface area contributed by atoms with Crippen molar-refractivity contribution in [3.63, 3.8) is 0 Å². The lowest BCUT2D eigenvalue weighted by Gasteiger charge is -2.18. The average Bonchev–Trinajstić information content (AvgIpc) is 3.65. The van der Waals surface area contributed by atoms with Crippen LogP contribution < -0.4 is 5.32 Å². The normalized spacial score (nSPS) is 12.2. The van der Waals surface area contributed by atoms with Crippen LogP contribution in [0, 0.1) is 0 Å². The van der Waals surface area contributed by atoms with Gasteiger partial charge in [-0.15, -0.1) is 11.3 Å². The molecule has 4 rings (SSSR count). The molecule has 1 atom stereocenters. The minimum absolute atomic E-state index is 0.315. The van der Waals surface area contributed by atoms with Crippen molar-refractivity contribution in [3.8, 4) is 11.1 Å². The molecular formula is C28H28N4O3S2. The first-order valence-corrected chi connectivity index (χ1v) is 14.0. The molecule has 1 N–H and O–H groups in total. The van der Waals surface area contributed by atoms with Crippen LogP contribution >= 0.6 is 23.1 Å². The molecule has 2 aromatic carbocycles. The van der Waals surface area contributed by atoms with Gasteiger partial charge in [0.1, 0.15) is 11.0 Å². The molecule has 0 aliphatic heterocycles. The molecule has 0 aliphatic rings. The van der Waals surface area contributed by atoms with Crippen molar-refractivity contribution in [1.29, 1.82) is 0 Å². The van der Waals surface area contributed by atoms with Crippen molar-refractivity contribution in [1.82, 2.24) is 19.9 Å². The summed E-state index contributed by atoms with van der Waals surface area (Å²) in [6, 6.07) is 14.8. The summed E-state index contributed by atoms with van der Waals surface area (Å²) >= 11 is 3.19. The maximum absolute atomic E-state index is 13.4. The van der Waals surface area contributed by atoms with Crippen LogP contribution in [0.4, 0.5) is 0 Å². The number of nitrogens with one attached hydrogen (secondary N) is 1. The fraction of sp³-hybridized carbons (Fsp3) is 0.214. The van der Waals surface area contributed by atoms with Gasteiger partial charge in [0.2, 0.25) is 0 Å². The lowest BCUT2D eigenvalue weighted by atomic mass is 9.95. The highest BCUT2D eigenvalue weighted by atomic mass is 32.2. The van der Waals surface area contributed by atoms with Crippen LogP contribution in [0.3, 0.4) is 0 Å². The highest BCUT2D eigenvalue weighted by Crippen LogP contribution is 2.28. The second-order valence-electron chi connectivity index (χ2n) is 8.24. The highest BCUT2D eigenvalue weighted by molar-refractivity contribution is 7.98. The number of hydrogen-bond acceptors (Lipinski definition) is 7. The number of esters is 1.